The van der Waals surface area contributed by atoms with Crippen LogP contribution in [0.4, 0.5) is 5.82 Å². The van der Waals surface area contributed by atoms with Crippen LogP contribution in [-0.4, -0.2) is 48.6 Å². The van der Waals surface area contributed by atoms with Crippen LogP contribution in [0.2, 0.25) is 0 Å². The topological polar surface area (TPSA) is 54.5 Å². The number of hydrogen-bond acceptors (Lipinski definition) is 4. The Balaban J connectivity index is 2.21. The molecule has 0 spiro atoms. The van der Waals surface area contributed by atoms with Crippen molar-refractivity contribution in [1.29, 1.82) is 0 Å². The number of aryl methyl sites for hydroxylation is 1. The van der Waals surface area contributed by atoms with E-state index in [2.05, 4.69) is 17.2 Å². The number of rotatable bonds is 5. The SMILES string of the molecule is CCCc1cc(C(=O)N2CCOCC2)cc(NCC)n1. The highest BCUT2D eigenvalue weighted by Gasteiger charge is 2.19. The summed E-state index contributed by atoms with van der Waals surface area (Å²) >= 11 is 0. The van der Waals surface area contributed by atoms with Crippen molar-refractivity contribution in [2.24, 2.45) is 0 Å². The average molecular weight is 277 g/mol. The van der Waals surface area contributed by atoms with Gasteiger partial charge >= 0.3 is 0 Å². The molecule has 1 saturated heterocycles. The van der Waals surface area contributed by atoms with Crippen LogP contribution in [0.3, 0.4) is 0 Å². The summed E-state index contributed by atoms with van der Waals surface area (Å²) in [5.41, 5.74) is 1.70. The molecule has 0 atom stereocenters. The summed E-state index contributed by atoms with van der Waals surface area (Å²) < 4.78 is 5.29. The Morgan fingerprint density at radius 2 is 2.10 bits per heavy atom. The molecule has 0 radical (unpaired) electrons. The van der Waals surface area contributed by atoms with Gasteiger partial charge in [0.1, 0.15) is 5.82 Å². The molecule has 1 fully saturated rings. The second kappa shape index (κ2) is 7.24. The molecule has 1 amide bonds. The van der Waals surface area contributed by atoms with E-state index in [1.54, 1.807) is 0 Å². The van der Waals surface area contributed by atoms with Crippen LogP contribution in [-0.2, 0) is 11.2 Å². The number of aromatic nitrogens is 1. The Morgan fingerprint density at radius 1 is 1.35 bits per heavy atom. The molecular formula is C15H23N3O2. The summed E-state index contributed by atoms with van der Waals surface area (Å²) in [6, 6.07) is 3.77. The number of carbonyl (C=O) groups is 1. The highest BCUT2D eigenvalue weighted by atomic mass is 16.5. The molecule has 1 aliphatic heterocycles. The largest absolute Gasteiger partial charge is 0.378 e. The molecule has 110 valence electrons. The number of nitrogens with zero attached hydrogens (tertiary/aromatic N) is 2. The van der Waals surface area contributed by atoms with Gasteiger partial charge in [0.05, 0.1) is 13.2 Å². The third kappa shape index (κ3) is 3.70. The van der Waals surface area contributed by atoms with E-state index >= 15 is 0 Å². The fourth-order valence-electron chi connectivity index (χ4n) is 2.32. The molecule has 0 saturated carbocycles. The van der Waals surface area contributed by atoms with E-state index < -0.39 is 0 Å². The minimum absolute atomic E-state index is 0.0761. The Hall–Kier alpha value is -1.62. The van der Waals surface area contributed by atoms with Crippen LogP contribution in [0, 0.1) is 0 Å². The van der Waals surface area contributed by atoms with Crippen molar-refractivity contribution in [2.45, 2.75) is 26.7 Å². The predicted octanol–water partition coefficient (Wildman–Crippen LogP) is 1.94. The molecule has 0 aliphatic carbocycles. The van der Waals surface area contributed by atoms with E-state index in [0.29, 0.717) is 26.3 Å². The molecule has 2 rings (SSSR count). The lowest BCUT2D eigenvalue weighted by atomic mass is 10.1. The van der Waals surface area contributed by atoms with Gasteiger partial charge in [0.25, 0.3) is 5.91 Å². The summed E-state index contributed by atoms with van der Waals surface area (Å²) in [6.45, 7) is 7.52. The van der Waals surface area contributed by atoms with Crippen molar-refractivity contribution < 1.29 is 9.53 Å². The molecule has 2 heterocycles. The summed E-state index contributed by atoms with van der Waals surface area (Å²) in [5.74, 6) is 0.863. The zero-order valence-electron chi connectivity index (χ0n) is 12.3. The van der Waals surface area contributed by atoms with Crippen LogP contribution < -0.4 is 5.32 Å². The van der Waals surface area contributed by atoms with E-state index in [0.717, 1.165) is 36.5 Å². The summed E-state index contributed by atoms with van der Waals surface area (Å²) in [4.78, 5) is 18.9. The molecule has 0 bridgehead atoms. The average Bonchev–Trinajstić information content (AvgIpc) is 2.48. The number of anilines is 1. The molecule has 0 unspecified atom stereocenters. The van der Waals surface area contributed by atoms with E-state index in [1.165, 1.54) is 0 Å². The van der Waals surface area contributed by atoms with Gasteiger partial charge in [0.2, 0.25) is 0 Å². The first kappa shape index (κ1) is 14.8. The highest BCUT2D eigenvalue weighted by Crippen LogP contribution is 2.15. The van der Waals surface area contributed by atoms with Crippen LogP contribution in [0.1, 0.15) is 36.3 Å². The molecule has 0 aromatic carbocycles. The fraction of sp³-hybridized carbons (Fsp3) is 0.600. The van der Waals surface area contributed by atoms with Crippen molar-refractivity contribution >= 4 is 11.7 Å². The van der Waals surface area contributed by atoms with Gasteiger partial charge in [-0.1, -0.05) is 13.3 Å². The number of morpholine rings is 1. The van der Waals surface area contributed by atoms with Crippen molar-refractivity contribution in [3.8, 4) is 0 Å². The molecule has 1 aliphatic rings. The zero-order valence-corrected chi connectivity index (χ0v) is 12.3. The summed E-state index contributed by atoms with van der Waals surface area (Å²) in [6.07, 6.45) is 1.91. The zero-order chi connectivity index (χ0) is 14.4. The third-order valence-electron chi connectivity index (χ3n) is 3.29. The second-order valence-corrected chi connectivity index (χ2v) is 4.92. The van der Waals surface area contributed by atoms with Gasteiger partial charge in [-0.15, -0.1) is 0 Å². The van der Waals surface area contributed by atoms with Crippen molar-refractivity contribution in [1.82, 2.24) is 9.88 Å². The van der Waals surface area contributed by atoms with E-state index in [-0.39, 0.29) is 5.91 Å². The molecule has 20 heavy (non-hydrogen) atoms. The number of nitrogens with one attached hydrogen (secondary N) is 1. The molecule has 1 aromatic heterocycles. The van der Waals surface area contributed by atoms with E-state index in [1.807, 2.05) is 24.0 Å². The molecule has 1 aromatic rings. The minimum Gasteiger partial charge on any atom is -0.378 e. The monoisotopic (exact) mass is 277 g/mol. The van der Waals surface area contributed by atoms with Gasteiger partial charge < -0.3 is 15.0 Å². The standard InChI is InChI=1S/C15H23N3O2/c1-3-5-13-10-12(11-14(17-13)16-4-2)15(19)18-6-8-20-9-7-18/h10-11H,3-9H2,1-2H3,(H,16,17). The van der Waals surface area contributed by atoms with Gasteiger partial charge in [-0.25, -0.2) is 4.98 Å². The first-order chi connectivity index (χ1) is 9.74. The number of hydrogen-bond donors (Lipinski definition) is 1. The van der Waals surface area contributed by atoms with Gasteiger partial charge in [0.15, 0.2) is 0 Å². The lowest BCUT2D eigenvalue weighted by molar-refractivity contribution is 0.0303. The lowest BCUT2D eigenvalue weighted by Crippen LogP contribution is -2.40. The molecule has 1 N–H and O–H groups in total. The Kier molecular flexibility index (Phi) is 5.35. The van der Waals surface area contributed by atoms with Crippen LogP contribution in [0.25, 0.3) is 0 Å². The Labute approximate surface area is 120 Å². The Bertz CT molecular complexity index is 432. The molecule has 5 heteroatoms. The number of ether oxygens (including phenoxy) is 1. The van der Waals surface area contributed by atoms with Gasteiger partial charge in [-0.3, -0.25) is 4.79 Å². The summed E-state index contributed by atoms with van der Waals surface area (Å²) in [7, 11) is 0. The van der Waals surface area contributed by atoms with Gasteiger partial charge in [-0.2, -0.15) is 0 Å². The highest BCUT2D eigenvalue weighted by molar-refractivity contribution is 5.95. The summed E-state index contributed by atoms with van der Waals surface area (Å²) in [5, 5.41) is 3.20. The first-order valence-corrected chi connectivity index (χ1v) is 7.36. The maximum atomic E-state index is 12.5. The van der Waals surface area contributed by atoms with Gasteiger partial charge in [0, 0.05) is 30.9 Å². The quantitative estimate of drug-likeness (QED) is 0.893. The number of carbonyl (C=O) groups excluding carboxylic acids is 1. The van der Waals surface area contributed by atoms with Crippen molar-refractivity contribution in [3.63, 3.8) is 0 Å². The van der Waals surface area contributed by atoms with Crippen LogP contribution >= 0.6 is 0 Å². The van der Waals surface area contributed by atoms with E-state index in [9.17, 15) is 4.79 Å². The third-order valence-corrected chi connectivity index (χ3v) is 3.29. The lowest BCUT2D eigenvalue weighted by Gasteiger charge is -2.27. The minimum atomic E-state index is 0.0761. The van der Waals surface area contributed by atoms with E-state index in [4.69, 9.17) is 4.74 Å². The fourth-order valence-corrected chi connectivity index (χ4v) is 2.32. The Morgan fingerprint density at radius 3 is 2.75 bits per heavy atom. The predicted molar refractivity (Wildman–Crippen MR) is 79.1 cm³/mol. The normalized spacial score (nSPS) is 15.2. The van der Waals surface area contributed by atoms with Gasteiger partial charge in [-0.05, 0) is 25.5 Å². The number of pyridine rings is 1. The van der Waals surface area contributed by atoms with Crippen LogP contribution in [0.15, 0.2) is 12.1 Å². The molecular weight excluding hydrogens is 254 g/mol. The first-order valence-electron chi connectivity index (χ1n) is 7.36. The van der Waals surface area contributed by atoms with Crippen molar-refractivity contribution in [2.75, 3.05) is 38.2 Å². The maximum absolute atomic E-state index is 12.5. The molecule has 5 nitrogen and oxygen atoms in total. The number of amides is 1. The van der Waals surface area contributed by atoms with Crippen LogP contribution in [0.5, 0.6) is 0 Å². The maximum Gasteiger partial charge on any atom is 0.254 e. The van der Waals surface area contributed by atoms with Crippen molar-refractivity contribution in [3.05, 3.63) is 23.4 Å². The smallest absolute Gasteiger partial charge is 0.254 e. The second-order valence-electron chi connectivity index (χ2n) is 4.92.